The molecule has 0 amide bonds. The summed E-state index contributed by atoms with van der Waals surface area (Å²) in [5.74, 6) is 0. The maximum absolute atomic E-state index is 3.73. The van der Waals surface area contributed by atoms with Gasteiger partial charge in [0.05, 0.1) is 0 Å². The van der Waals surface area contributed by atoms with E-state index < -0.39 is 0 Å². The Morgan fingerprint density at radius 3 is 1.13 bits per heavy atom. The molecule has 0 saturated carbocycles. The molecule has 0 atom stereocenters. The van der Waals surface area contributed by atoms with E-state index >= 15 is 0 Å². The van der Waals surface area contributed by atoms with Gasteiger partial charge >= 0.3 is 23.1 Å². The molecule has 0 aromatic rings. The van der Waals surface area contributed by atoms with Gasteiger partial charge in [0, 0.05) is 0 Å². The van der Waals surface area contributed by atoms with Crippen LogP contribution in [0.2, 0.25) is 0 Å². The predicted molar refractivity (Wildman–Crippen MR) is 72.0 cm³/mol. The fourth-order valence-corrected chi connectivity index (χ4v) is 0.856. The third-order valence-corrected chi connectivity index (χ3v) is 2.16. The summed E-state index contributed by atoms with van der Waals surface area (Å²) in [7, 11) is 4.20. The smallest absolute Gasteiger partial charge is 0.342 e. The van der Waals surface area contributed by atoms with Crippen LogP contribution in [-0.4, -0.2) is 73.1 Å². The third kappa shape index (κ3) is 20.7. The molecule has 15 heavy (non-hydrogen) atoms. The summed E-state index contributed by atoms with van der Waals surface area (Å²) in [6, 6.07) is 0. The van der Waals surface area contributed by atoms with Gasteiger partial charge in [-0.15, -0.1) is 0 Å². The first-order valence-corrected chi connectivity index (χ1v) is 5.57. The summed E-state index contributed by atoms with van der Waals surface area (Å²) in [5, 5.41) is 0. The molecule has 2 nitrogen and oxygen atoms in total. The zero-order valence-electron chi connectivity index (χ0n) is 11.3. The van der Waals surface area contributed by atoms with Gasteiger partial charge in [0.1, 0.15) is 0 Å². The first kappa shape index (κ1) is 21.0. The largest absolute Gasteiger partial charge is 2.00 e. The monoisotopic (exact) mass is 224 g/mol. The van der Waals surface area contributed by atoms with Crippen LogP contribution in [0.5, 0.6) is 0 Å². The van der Waals surface area contributed by atoms with E-state index in [4.69, 9.17) is 0 Å². The molecule has 0 aromatic heterocycles. The van der Waals surface area contributed by atoms with Gasteiger partial charge in [0.15, 0.2) is 0 Å². The van der Waals surface area contributed by atoms with E-state index in [1.807, 2.05) is 0 Å². The number of hydrogen-bond acceptors (Lipinski definition) is 2. The van der Waals surface area contributed by atoms with Crippen LogP contribution in [0.3, 0.4) is 0 Å². The van der Waals surface area contributed by atoms with E-state index in [9.17, 15) is 0 Å². The molecule has 0 heterocycles. The summed E-state index contributed by atoms with van der Waals surface area (Å²) in [6.45, 7) is 16.3. The van der Waals surface area contributed by atoms with E-state index in [1.165, 1.54) is 0 Å². The molecular weight excluding hydrogens is 196 g/mol. The molecule has 3 heteroatoms. The van der Waals surface area contributed by atoms with Gasteiger partial charge in [-0.3, -0.25) is 0 Å². The number of rotatable bonds is 6. The molecule has 0 N–H and O–H groups in total. The van der Waals surface area contributed by atoms with Gasteiger partial charge in [0.25, 0.3) is 0 Å². The minimum atomic E-state index is 0. The van der Waals surface area contributed by atoms with Crippen molar-refractivity contribution < 1.29 is 0 Å². The maximum atomic E-state index is 3.73. The van der Waals surface area contributed by atoms with Crippen molar-refractivity contribution in [2.24, 2.45) is 0 Å². The van der Waals surface area contributed by atoms with Crippen LogP contribution < -0.4 is 0 Å². The topological polar surface area (TPSA) is 6.48 Å². The second kappa shape index (κ2) is 17.1. The molecule has 0 aromatic carbocycles. The van der Waals surface area contributed by atoms with Crippen LogP contribution in [0.25, 0.3) is 0 Å². The van der Waals surface area contributed by atoms with Crippen molar-refractivity contribution in [3.63, 3.8) is 0 Å². The van der Waals surface area contributed by atoms with E-state index in [0.717, 1.165) is 39.0 Å². The van der Waals surface area contributed by atoms with Gasteiger partial charge in [-0.1, -0.05) is 13.8 Å². The zero-order chi connectivity index (χ0) is 11.4. The zero-order valence-corrected chi connectivity index (χ0v) is 12.7. The van der Waals surface area contributed by atoms with Crippen molar-refractivity contribution in [3.05, 3.63) is 13.8 Å². The number of nitrogens with zero attached hydrogens (tertiary/aromatic N) is 2. The molecule has 0 saturated heterocycles. The maximum Gasteiger partial charge on any atom is 2.00 e. The minimum absolute atomic E-state index is 0. The molecule has 0 fully saturated rings. The molecule has 0 aliphatic rings. The van der Waals surface area contributed by atoms with Gasteiger partial charge < -0.3 is 23.6 Å². The van der Waals surface area contributed by atoms with E-state index in [1.54, 1.807) is 0 Å². The molecule has 0 rings (SSSR count). The van der Waals surface area contributed by atoms with Gasteiger partial charge in [0.2, 0.25) is 0 Å². The average molecular weight is 225 g/mol. The van der Waals surface area contributed by atoms with Crippen LogP contribution in [0.1, 0.15) is 26.7 Å². The number of hydrogen-bond donors (Lipinski definition) is 0. The van der Waals surface area contributed by atoms with Crippen molar-refractivity contribution in [1.29, 1.82) is 0 Å². The predicted octanol–water partition coefficient (Wildman–Crippen LogP) is 1.94. The summed E-state index contributed by atoms with van der Waals surface area (Å²) in [5.41, 5.74) is 0. The summed E-state index contributed by atoms with van der Waals surface area (Å²) < 4.78 is 0. The Hall–Kier alpha value is 0.686. The first-order chi connectivity index (χ1) is 6.62. The molecule has 0 aliphatic carbocycles. The van der Waals surface area contributed by atoms with Crippen molar-refractivity contribution >= 4 is 23.1 Å². The van der Waals surface area contributed by atoms with Gasteiger partial charge in [-0.05, 0) is 40.3 Å². The Kier molecular flexibility index (Phi) is 24.0. The fraction of sp³-hybridized carbons (Fsp3) is 0.833. The molecule has 0 radical (unpaired) electrons. The van der Waals surface area contributed by atoms with Crippen LogP contribution >= 0.6 is 0 Å². The Morgan fingerprint density at radius 1 is 0.800 bits per heavy atom. The van der Waals surface area contributed by atoms with Gasteiger partial charge in [-0.25, -0.2) is 0 Å². The van der Waals surface area contributed by atoms with Crippen LogP contribution in [0.4, 0.5) is 0 Å². The minimum Gasteiger partial charge on any atom is -0.342 e. The quantitative estimate of drug-likeness (QED) is 0.503. The Morgan fingerprint density at radius 2 is 1.07 bits per heavy atom. The van der Waals surface area contributed by atoms with E-state index in [0.29, 0.717) is 0 Å². The average Bonchev–Trinajstić information content (AvgIpc) is 2.19. The van der Waals surface area contributed by atoms with Crippen molar-refractivity contribution in [1.82, 2.24) is 9.80 Å². The normalized spacial score (nSPS) is 9.60. The first-order valence-electron chi connectivity index (χ1n) is 5.57. The second-order valence-corrected chi connectivity index (χ2v) is 3.50. The molecule has 0 spiro atoms. The summed E-state index contributed by atoms with van der Waals surface area (Å²) >= 11 is 0. The SMILES string of the molecule is [CH2-]CCN(C)CC.[CH2-]CCN(C)CC.[Mg+2]. The summed E-state index contributed by atoms with van der Waals surface area (Å²) in [6.07, 6.45) is 2.04. The molecule has 0 bridgehead atoms. The standard InChI is InChI=1S/2C6H14N.Mg/c2*1-4-6-7(3)5-2;/h2*1,4-6H2,2-3H3;/q2*-1;+2. The van der Waals surface area contributed by atoms with Crippen LogP contribution in [0.15, 0.2) is 0 Å². The van der Waals surface area contributed by atoms with Crippen LogP contribution in [0, 0.1) is 13.8 Å². The second-order valence-electron chi connectivity index (χ2n) is 3.50. The Bertz CT molecular complexity index is 87.6. The summed E-state index contributed by atoms with van der Waals surface area (Å²) in [4.78, 5) is 4.49. The molecule has 0 unspecified atom stereocenters. The van der Waals surface area contributed by atoms with Gasteiger partial charge in [-0.2, -0.15) is 12.8 Å². The Labute approximate surface area is 114 Å². The van der Waals surface area contributed by atoms with E-state index in [-0.39, 0.29) is 23.1 Å². The van der Waals surface area contributed by atoms with Crippen molar-refractivity contribution in [2.45, 2.75) is 26.7 Å². The molecule has 0 aliphatic heterocycles. The van der Waals surface area contributed by atoms with Crippen LogP contribution in [-0.2, 0) is 0 Å². The fourth-order valence-electron chi connectivity index (χ4n) is 0.856. The molecular formula is C12H28MgN2. The van der Waals surface area contributed by atoms with Crippen molar-refractivity contribution in [3.8, 4) is 0 Å². The third-order valence-electron chi connectivity index (χ3n) is 2.16. The van der Waals surface area contributed by atoms with Crippen molar-refractivity contribution in [2.75, 3.05) is 40.3 Å². The Balaban J connectivity index is -0.000000180. The molecule has 88 valence electrons. The van der Waals surface area contributed by atoms with E-state index in [2.05, 4.69) is 51.6 Å².